The second-order valence-electron chi connectivity index (χ2n) is 6.94. The zero-order valence-electron chi connectivity index (χ0n) is 15.3. The summed E-state index contributed by atoms with van der Waals surface area (Å²) in [6, 6.07) is 1.86. The zero-order chi connectivity index (χ0) is 19.3. The highest BCUT2D eigenvalue weighted by Crippen LogP contribution is 2.23. The Labute approximate surface area is 154 Å². The highest BCUT2D eigenvalue weighted by atomic mass is 16.1. The maximum absolute atomic E-state index is 12.0. The van der Waals surface area contributed by atoms with Crippen LogP contribution in [0.4, 0.5) is 11.6 Å². The molecule has 0 aliphatic heterocycles. The van der Waals surface area contributed by atoms with Crippen molar-refractivity contribution in [2.45, 2.75) is 39.3 Å². The average molecular weight is 367 g/mol. The molecule has 1 unspecified atom stereocenters. The molecular weight excluding hydrogens is 346 g/mol. The van der Waals surface area contributed by atoms with Crippen molar-refractivity contribution < 1.29 is 0 Å². The molecule has 10 heteroatoms. The molecule has 0 saturated heterocycles. The number of imidazole rings is 2. The minimum absolute atomic E-state index is 0.0523. The van der Waals surface area contributed by atoms with Crippen LogP contribution in [-0.2, 0) is 6.42 Å². The van der Waals surface area contributed by atoms with Gasteiger partial charge in [0.1, 0.15) is 17.2 Å². The van der Waals surface area contributed by atoms with Gasteiger partial charge in [0, 0.05) is 24.6 Å². The van der Waals surface area contributed by atoms with E-state index in [4.69, 9.17) is 11.5 Å². The van der Waals surface area contributed by atoms with Crippen molar-refractivity contribution in [2.24, 2.45) is 0 Å². The van der Waals surface area contributed by atoms with Gasteiger partial charge in [-0.15, -0.1) is 0 Å². The Hall–Kier alpha value is -3.43. The van der Waals surface area contributed by atoms with Crippen LogP contribution < -0.4 is 17.0 Å². The predicted molar refractivity (Wildman–Crippen MR) is 103 cm³/mol. The minimum atomic E-state index is -0.307. The van der Waals surface area contributed by atoms with Crippen molar-refractivity contribution in [1.82, 2.24) is 34.1 Å². The first-order chi connectivity index (χ1) is 12.8. The lowest BCUT2D eigenvalue weighted by molar-refractivity contribution is 0.543. The van der Waals surface area contributed by atoms with Gasteiger partial charge in [0.25, 0.3) is 5.56 Å². The van der Waals surface area contributed by atoms with E-state index in [1.165, 1.54) is 0 Å². The fraction of sp³-hybridized carbons (Fsp3) is 0.353. The molecule has 1 atom stereocenters. The third kappa shape index (κ3) is 2.78. The van der Waals surface area contributed by atoms with E-state index in [0.717, 1.165) is 5.65 Å². The van der Waals surface area contributed by atoms with Crippen LogP contribution in [0.2, 0.25) is 0 Å². The van der Waals surface area contributed by atoms with Crippen LogP contribution in [0.15, 0.2) is 23.5 Å². The molecule has 140 valence electrons. The number of nitrogens with two attached hydrogens (primary N) is 2. The molecule has 0 aliphatic carbocycles. The van der Waals surface area contributed by atoms with Crippen molar-refractivity contribution in [2.75, 3.05) is 11.5 Å². The molecule has 0 aromatic carbocycles. The average Bonchev–Trinajstić information content (AvgIpc) is 3.19. The molecule has 0 aliphatic rings. The number of hydrogen-bond donors (Lipinski definition) is 3. The Morgan fingerprint density at radius 2 is 1.78 bits per heavy atom. The van der Waals surface area contributed by atoms with E-state index in [1.807, 2.05) is 16.1 Å². The van der Waals surface area contributed by atoms with Crippen LogP contribution in [0, 0.1) is 0 Å². The molecule has 4 aromatic heterocycles. The van der Waals surface area contributed by atoms with Gasteiger partial charge >= 0.3 is 0 Å². The Bertz CT molecular complexity index is 1200. The fourth-order valence-electron chi connectivity index (χ4n) is 3.23. The van der Waals surface area contributed by atoms with E-state index in [0.29, 0.717) is 40.4 Å². The predicted octanol–water partition coefficient (Wildman–Crippen LogP) is 1.41. The van der Waals surface area contributed by atoms with Crippen molar-refractivity contribution in [3.05, 3.63) is 34.9 Å². The summed E-state index contributed by atoms with van der Waals surface area (Å²) in [5, 5.41) is 0. The monoisotopic (exact) mass is 367 g/mol. The van der Waals surface area contributed by atoms with Crippen LogP contribution in [0.25, 0.3) is 22.2 Å². The number of aromatic amines is 1. The minimum Gasteiger partial charge on any atom is -0.385 e. The molecule has 4 rings (SSSR count). The second kappa shape index (κ2) is 6.08. The highest BCUT2D eigenvalue weighted by Gasteiger charge is 2.17. The number of anilines is 2. The van der Waals surface area contributed by atoms with E-state index in [2.05, 4.69) is 38.8 Å². The summed E-state index contributed by atoms with van der Waals surface area (Å²) in [5.41, 5.74) is 13.9. The third-order valence-electron chi connectivity index (χ3n) is 4.60. The van der Waals surface area contributed by atoms with Crippen LogP contribution >= 0.6 is 0 Å². The van der Waals surface area contributed by atoms with Gasteiger partial charge in [0.05, 0.1) is 18.2 Å². The van der Waals surface area contributed by atoms with Crippen LogP contribution in [-0.4, -0.2) is 34.1 Å². The standard InChI is InChI=1S/C17H21N9O/c1-8(2)25-6-21-14-15(19)23-12(24-16(14)25)4-9(3)26-7-20-13-10(26)5-11(18)22-17(13)27/h5-9H,4H2,1-3H3,(H3,18,22,27)(H2,19,23,24). The molecule has 4 heterocycles. The lowest BCUT2D eigenvalue weighted by atomic mass is 10.2. The first kappa shape index (κ1) is 17.0. The number of aromatic nitrogens is 7. The molecule has 10 nitrogen and oxygen atoms in total. The first-order valence-electron chi connectivity index (χ1n) is 8.69. The van der Waals surface area contributed by atoms with E-state index in [1.54, 1.807) is 18.7 Å². The maximum atomic E-state index is 12.0. The van der Waals surface area contributed by atoms with Gasteiger partial charge in [-0.05, 0) is 20.8 Å². The van der Waals surface area contributed by atoms with Crippen molar-refractivity contribution in [3.63, 3.8) is 0 Å². The number of fused-ring (bicyclic) bond motifs is 2. The highest BCUT2D eigenvalue weighted by molar-refractivity contribution is 5.81. The normalized spacial score (nSPS) is 13.0. The molecule has 0 spiro atoms. The Morgan fingerprint density at radius 3 is 2.52 bits per heavy atom. The molecule has 0 saturated carbocycles. The van der Waals surface area contributed by atoms with E-state index >= 15 is 0 Å². The van der Waals surface area contributed by atoms with Gasteiger partial charge in [-0.25, -0.2) is 19.9 Å². The smallest absolute Gasteiger partial charge is 0.277 e. The SMILES string of the molecule is CC(C)n1cnc2c(N)nc(CC(C)n3cnc4c(=O)[nH]c(N)cc43)nc21. The Morgan fingerprint density at radius 1 is 1.07 bits per heavy atom. The summed E-state index contributed by atoms with van der Waals surface area (Å²) in [6.07, 6.45) is 3.87. The number of pyridine rings is 1. The number of H-pyrrole nitrogens is 1. The lowest BCUT2D eigenvalue weighted by Gasteiger charge is -2.14. The fourth-order valence-corrected chi connectivity index (χ4v) is 3.23. The van der Waals surface area contributed by atoms with Gasteiger partial charge in [-0.1, -0.05) is 0 Å². The summed E-state index contributed by atoms with van der Waals surface area (Å²) < 4.78 is 3.86. The Kier molecular flexibility index (Phi) is 3.83. The van der Waals surface area contributed by atoms with Crippen molar-refractivity contribution in [1.29, 1.82) is 0 Å². The Balaban J connectivity index is 1.74. The zero-order valence-corrected chi connectivity index (χ0v) is 15.3. The first-order valence-corrected chi connectivity index (χ1v) is 8.69. The molecule has 0 bridgehead atoms. The largest absolute Gasteiger partial charge is 0.385 e. The van der Waals surface area contributed by atoms with Crippen LogP contribution in [0.3, 0.4) is 0 Å². The van der Waals surface area contributed by atoms with Crippen LogP contribution in [0.1, 0.15) is 38.7 Å². The van der Waals surface area contributed by atoms with Crippen molar-refractivity contribution in [3.8, 4) is 0 Å². The molecule has 0 radical (unpaired) electrons. The molecule has 0 amide bonds. The summed E-state index contributed by atoms with van der Waals surface area (Å²) in [4.78, 5) is 32.1. The lowest BCUT2D eigenvalue weighted by Crippen LogP contribution is -2.13. The van der Waals surface area contributed by atoms with Gasteiger partial charge in [-0.2, -0.15) is 0 Å². The second-order valence-corrected chi connectivity index (χ2v) is 6.94. The number of hydrogen-bond acceptors (Lipinski definition) is 7. The summed E-state index contributed by atoms with van der Waals surface area (Å²) in [6.45, 7) is 6.12. The third-order valence-corrected chi connectivity index (χ3v) is 4.60. The number of nitrogen functional groups attached to an aromatic ring is 2. The quantitative estimate of drug-likeness (QED) is 0.494. The summed E-state index contributed by atoms with van der Waals surface area (Å²) in [5.74, 6) is 1.26. The van der Waals surface area contributed by atoms with E-state index in [9.17, 15) is 4.79 Å². The van der Waals surface area contributed by atoms with Gasteiger partial charge < -0.3 is 25.6 Å². The van der Waals surface area contributed by atoms with E-state index in [-0.39, 0.29) is 17.6 Å². The molecule has 5 N–H and O–H groups in total. The van der Waals surface area contributed by atoms with Gasteiger partial charge in [0.15, 0.2) is 17.0 Å². The summed E-state index contributed by atoms with van der Waals surface area (Å²) in [7, 11) is 0. The summed E-state index contributed by atoms with van der Waals surface area (Å²) >= 11 is 0. The number of nitrogens with one attached hydrogen (secondary N) is 1. The number of nitrogens with zero attached hydrogens (tertiary/aromatic N) is 6. The van der Waals surface area contributed by atoms with Crippen molar-refractivity contribution >= 4 is 33.8 Å². The molecule has 0 fully saturated rings. The molecule has 4 aromatic rings. The maximum Gasteiger partial charge on any atom is 0.277 e. The molecular formula is C17H21N9O. The van der Waals surface area contributed by atoms with E-state index < -0.39 is 0 Å². The number of rotatable bonds is 4. The van der Waals surface area contributed by atoms with Crippen LogP contribution in [0.5, 0.6) is 0 Å². The van der Waals surface area contributed by atoms with Gasteiger partial charge in [-0.3, -0.25) is 4.79 Å². The molecule has 27 heavy (non-hydrogen) atoms. The topological polar surface area (TPSA) is 146 Å². The van der Waals surface area contributed by atoms with Gasteiger partial charge in [0.2, 0.25) is 0 Å².